The van der Waals surface area contributed by atoms with E-state index < -0.39 is 27.7 Å². The summed E-state index contributed by atoms with van der Waals surface area (Å²) in [6.07, 6.45) is 0. The zero-order valence-electron chi connectivity index (χ0n) is 14.9. The Morgan fingerprint density at radius 3 is 2.04 bits per heavy atom. The lowest BCUT2D eigenvalue weighted by molar-refractivity contribution is 0.569. The van der Waals surface area contributed by atoms with Gasteiger partial charge in [0.2, 0.25) is 0 Å². The summed E-state index contributed by atoms with van der Waals surface area (Å²) >= 11 is 0. The van der Waals surface area contributed by atoms with Crippen LogP contribution in [0.2, 0.25) is 0 Å². The Labute approximate surface area is 157 Å². The third kappa shape index (κ3) is 3.85. The minimum Gasteiger partial charge on any atom is -0.259 e. The molecule has 1 atom stereocenters. The van der Waals surface area contributed by atoms with Gasteiger partial charge in [0.1, 0.15) is 11.6 Å². The largest absolute Gasteiger partial charge is 0.264 e. The van der Waals surface area contributed by atoms with Crippen molar-refractivity contribution in [1.82, 2.24) is 0 Å². The first-order valence-corrected chi connectivity index (χ1v) is 9.86. The van der Waals surface area contributed by atoms with Gasteiger partial charge in [-0.15, -0.1) is 0 Å². The van der Waals surface area contributed by atoms with Gasteiger partial charge in [-0.2, -0.15) is 0 Å². The van der Waals surface area contributed by atoms with Gasteiger partial charge in [0, 0.05) is 5.56 Å². The minimum atomic E-state index is -4.00. The molecule has 0 aliphatic rings. The van der Waals surface area contributed by atoms with Crippen molar-refractivity contribution in [1.29, 1.82) is 0 Å². The molecule has 1 unspecified atom stereocenters. The van der Waals surface area contributed by atoms with Gasteiger partial charge >= 0.3 is 0 Å². The van der Waals surface area contributed by atoms with Crippen LogP contribution in [-0.2, 0) is 10.0 Å². The summed E-state index contributed by atoms with van der Waals surface area (Å²) in [5.74, 6) is -0.985. The number of rotatable bonds is 5. The first-order valence-electron chi connectivity index (χ1n) is 8.42. The quantitative estimate of drug-likeness (QED) is 0.601. The number of sulfonamides is 1. The smallest absolute Gasteiger partial charge is 0.259 e. The highest BCUT2D eigenvalue weighted by Crippen LogP contribution is 2.34. The van der Waals surface area contributed by atoms with Crippen LogP contribution in [0.5, 0.6) is 0 Å². The number of nitrogens with zero attached hydrogens (tertiary/aromatic N) is 1. The van der Waals surface area contributed by atoms with Gasteiger partial charge in [-0.05, 0) is 56.3 Å². The molecule has 0 aliphatic heterocycles. The number of benzene rings is 3. The van der Waals surface area contributed by atoms with E-state index in [1.807, 2.05) is 6.92 Å². The van der Waals surface area contributed by atoms with Gasteiger partial charge in [-0.1, -0.05) is 35.9 Å². The molecule has 3 aromatic rings. The highest BCUT2D eigenvalue weighted by atomic mass is 32.2. The van der Waals surface area contributed by atoms with Gasteiger partial charge in [-0.25, -0.2) is 17.2 Å². The lowest BCUT2D eigenvalue weighted by atomic mass is 10.1. The average molecular weight is 387 g/mol. The second-order valence-corrected chi connectivity index (χ2v) is 8.10. The first-order chi connectivity index (χ1) is 12.8. The van der Waals surface area contributed by atoms with E-state index in [1.54, 1.807) is 37.3 Å². The maximum absolute atomic E-state index is 14.3. The molecule has 6 heteroatoms. The SMILES string of the molecule is Cc1ccc(S(=O)(=O)N(c2ccc(F)cc2)C(C)c2ccccc2F)cc1. The van der Waals surface area contributed by atoms with Gasteiger partial charge in [0.25, 0.3) is 10.0 Å². The van der Waals surface area contributed by atoms with E-state index in [-0.39, 0.29) is 16.1 Å². The van der Waals surface area contributed by atoms with E-state index in [2.05, 4.69) is 0 Å². The van der Waals surface area contributed by atoms with Crippen LogP contribution in [0.25, 0.3) is 0 Å². The molecule has 3 nitrogen and oxygen atoms in total. The Bertz CT molecular complexity index is 1030. The standard InChI is InChI=1S/C21H19F2NO2S/c1-15-7-13-19(14-8-15)27(25,26)24(18-11-9-17(22)10-12-18)16(2)20-5-3-4-6-21(20)23/h3-14,16H,1-2H3. The molecule has 0 heterocycles. The van der Waals surface area contributed by atoms with Crippen LogP contribution in [0.4, 0.5) is 14.5 Å². The zero-order chi connectivity index (χ0) is 19.6. The summed E-state index contributed by atoms with van der Waals surface area (Å²) in [5, 5.41) is 0. The van der Waals surface area contributed by atoms with E-state index in [4.69, 9.17) is 0 Å². The predicted molar refractivity (Wildman–Crippen MR) is 102 cm³/mol. The van der Waals surface area contributed by atoms with Crippen LogP contribution in [0.1, 0.15) is 24.1 Å². The van der Waals surface area contributed by atoms with E-state index in [1.165, 1.54) is 42.5 Å². The number of hydrogen-bond donors (Lipinski definition) is 0. The number of hydrogen-bond acceptors (Lipinski definition) is 2. The molecule has 0 fully saturated rings. The Kier molecular flexibility index (Phi) is 5.28. The molecule has 0 N–H and O–H groups in total. The van der Waals surface area contributed by atoms with Crippen LogP contribution < -0.4 is 4.31 Å². The Hall–Kier alpha value is -2.73. The van der Waals surface area contributed by atoms with Crippen molar-refractivity contribution in [3.8, 4) is 0 Å². The molecule has 140 valence electrons. The molecule has 0 amide bonds. The fourth-order valence-corrected chi connectivity index (χ4v) is 4.56. The van der Waals surface area contributed by atoms with Crippen LogP contribution in [0.3, 0.4) is 0 Å². The van der Waals surface area contributed by atoms with Crippen molar-refractivity contribution in [3.05, 3.63) is 95.6 Å². The highest BCUT2D eigenvalue weighted by Gasteiger charge is 2.31. The summed E-state index contributed by atoms with van der Waals surface area (Å²) in [6, 6.07) is 16.7. The number of halogens is 2. The Morgan fingerprint density at radius 2 is 1.44 bits per heavy atom. The van der Waals surface area contributed by atoms with Crippen LogP contribution in [0, 0.1) is 18.6 Å². The van der Waals surface area contributed by atoms with Gasteiger partial charge in [0.15, 0.2) is 0 Å². The zero-order valence-corrected chi connectivity index (χ0v) is 15.7. The molecule has 0 spiro atoms. The molecule has 0 radical (unpaired) electrons. The fraction of sp³-hybridized carbons (Fsp3) is 0.143. The lowest BCUT2D eigenvalue weighted by Crippen LogP contribution is -2.34. The maximum atomic E-state index is 14.3. The minimum absolute atomic E-state index is 0.0839. The monoisotopic (exact) mass is 387 g/mol. The molecule has 0 saturated carbocycles. The fourth-order valence-electron chi connectivity index (χ4n) is 2.92. The lowest BCUT2D eigenvalue weighted by Gasteiger charge is -2.31. The van der Waals surface area contributed by atoms with Gasteiger partial charge < -0.3 is 0 Å². The molecule has 3 rings (SSSR count). The molecule has 0 aliphatic carbocycles. The Balaban J connectivity index is 2.17. The third-order valence-corrected chi connectivity index (χ3v) is 6.28. The van der Waals surface area contributed by atoms with E-state index in [0.29, 0.717) is 0 Å². The second-order valence-electron chi connectivity index (χ2n) is 6.29. The van der Waals surface area contributed by atoms with Gasteiger partial charge in [-0.3, -0.25) is 4.31 Å². The second kappa shape index (κ2) is 7.48. The number of anilines is 1. The molecule has 27 heavy (non-hydrogen) atoms. The molecular formula is C21H19F2NO2S. The van der Waals surface area contributed by atoms with Crippen molar-refractivity contribution >= 4 is 15.7 Å². The molecule has 0 saturated heterocycles. The predicted octanol–water partition coefficient (Wildman–Crippen LogP) is 5.23. The van der Waals surface area contributed by atoms with Crippen molar-refractivity contribution in [3.63, 3.8) is 0 Å². The van der Waals surface area contributed by atoms with E-state index in [0.717, 1.165) is 9.87 Å². The van der Waals surface area contributed by atoms with Crippen LogP contribution in [-0.4, -0.2) is 8.42 Å². The van der Waals surface area contributed by atoms with Crippen molar-refractivity contribution in [2.75, 3.05) is 4.31 Å². The molecule has 0 bridgehead atoms. The highest BCUT2D eigenvalue weighted by molar-refractivity contribution is 7.92. The van der Waals surface area contributed by atoms with Gasteiger partial charge in [0.05, 0.1) is 16.6 Å². The van der Waals surface area contributed by atoms with Crippen molar-refractivity contribution in [2.45, 2.75) is 24.8 Å². The topological polar surface area (TPSA) is 37.4 Å². The third-order valence-electron chi connectivity index (χ3n) is 4.37. The molecule has 3 aromatic carbocycles. The molecule has 0 aromatic heterocycles. The number of aryl methyl sites for hydroxylation is 1. The summed E-state index contributed by atoms with van der Waals surface area (Å²) in [7, 11) is -4.00. The maximum Gasteiger partial charge on any atom is 0.264 e. The Morgan fingerprint density at radius 1 is 0.852 bits per heavy atom. The van der Waals surface area contributed by atoms with Crippen molar-refractivity contribution < 1.29 is 17.2 Å². The summed E-state index contributed by atoms with van der Waals surface area (Å²) in [4.78, 5) is 0.0839. The van der Waals surface area contributed by atoms with E-state index in [9.17, 15) is 17.2 Å². The van der Waals surface area contributed by atoms with Crippen LogP contribution in [0.15, 0.2) is 77.7 Å². The average Bonchev–Trinajstić information content (AvgIpc) is 2.64. The van der Waals surface area contributed by atoms with Crippen molar-refractivity contribution in [2.24, 2.45) is 0 Å². The first kappa shape index (κ1) is 19.0. The summed E-state index contributed by atoms with van der Waals surface area (Å²) < 4.78 is 55.6. The van der Waals surface area contributed by atoms with E-state index >= 15 is 0 Å². The van der Waals surface area contributed by atoms with Crippen LogP contribution >= 0.6 is 0 Å². The molecular weight excluding hydrogens is 368 g/mol. The summed E-state index contributed by atoms with van der Waals surface area (Å²) in [5.41, 5.74) is 1.41. The normalized spacial score (nSPS) is 12.6. The summed E-state index contributed by atoms with van der Waals surface area (Å²) in [6.45, 7) is 3.46.